The van der Waals surface area contributed by atoms with Gasteiger partial charge in [-0.2, -0.15) is 0 Å². The zero-order valence-corrected chi connectivity index (χ0v) is 8.76. The van der Waals surface area contributed by atoms with Crippen LogP contribution in [0.4, 0.5) is 0 Å². The van der Waals surface area contributed by atoms with Crippen molar-refractivity contribution in [2.75, 3.05) is 19.8 Å². The van der Waals surface area contributed by atoms with Crippen molar-refractivity contribution in [3.63, 3.8) is 0 Å². The number of aliphatic hydroxyl groups excluding tert-OH is 3. The first-order valence-electron chi connectivity index (χ1n) is 5.23. The summed E-state index contributed by atoms with van der Waals surface area (Å²) in [5.74, 6) is -0.544. The van der Waals surface area contributed by atoms with Crippen LogP contribution in [-0.4, -0.2) is 58.1 Å². The molecule has 1 saturated carbocycles. The van der Waals surface area contributed by atoms with E-state index in [2.05, 4.69) is 0 Å². The predicted molar refractivity (Wildman–Crippen MR) is 51.1 cm³/mol. The van der Waals surface area contributed by atoms with E-state index in [1.54, 1.807) is 6.92 Å². The van der Waals surface area contributed by atoms with Crippen LogP contribution in [0.1, 0.15) is 13.3 Å². The fourth-order valence-corrected chi connectivity index (χ4v) is 2.83. The molecule has 0 aromatic rings. The van der Waals surface area contributed by atoms with Crippen LogP contribution in [0.3, 0.4) is 0 Å². The molecule has 1 heterocycles. The Balaban J connectivity index is 2.31. The van der Waals surface area contributed by atoms with Gasteiger partial charge in [0.25, 0.3) is 0 Å². The monoisotopic (exact) mass is 218 g/mol. The van der Waals surface area contributed by atoms with Crippen LogP contribution in [-0.2, 0) is 4.74 Å². The lowest BCUT2D eigenvalue weighted by atomic mass is 9.57. The number of fused-ring (bicyclic) bond motifs is 1. The van der Waals surface area contributed by atoms with Gasteiger partial charge < -0.3 is 25.2 Å². The van der Waals surface area contributed by atoms with Crippen molar-refractivity contribution in [2.45, 2.75) is 31.2 Å². The van der Waals surface area contributed by atoms with Crippen LogP contribution in [0.25, 0.3) is 0 Å². The van der Waals surface area contributed by atoms with Gasteiger partial charge in [0.15, 0.2) is 0 Å². The Morgan fingerprint density at radius 1 is 1.40 bits per heavy atom. The molecule has 4 N–H and O–H groups in total. The van der Waals surface area contributed by atoms with Crippen molar-refractivity contribution in [3.05, 3.63) is 0 Å². The Kier molecular flexibility index (Phi) is 2.56. The molecule has 5 atom stereocenters. The first-order chi connectivity index (χ1) is 6.99. The summed E-state index contributed by atoms with van der Waals surface area (Å²) in [6.07, 6.45) is -0.862. The molecule has 0 spiro atoms. The average Bonchev–Trinajstić information content (AvgIpc) is 2.22. The molecule has 15 heavy (non-hydrogen) atoms. The highest BCUT2D eigenvalue weighted by Gasteiger charge is 2.64. The highest BCUT2D eigenvalue weighted by atomic mass is 16.6. The molecule has 1 aliphatic carbocycles. The molecule has 2 aliphatic rings. The molecule has 5 heteroatoms. The summed E-state index contributed by atoms with van der Waals surface area (Å²) in [6, 6.07) is 0. The lowest BCUT2D eigenvalue weighted by molar-refractivity contribution is -0.326. The minimum absolute atomic E-state index is 0.172. The Morgan fingerprint density at radius 3 is 2.47 bits per heavy atom. The standard InChI is InChI=1S/C10H18O5/c1-9(4-12)6(3-11)10(14)5-15-8(10)2-7(9)13/h6-8,11-14H,2-5H2,1H3/t6-,7-,8+,9-,10-/m0/s1. The maximum absolute atomic E-state index is 10.3. The second kappa shape index (κ2) is 3.40. The van der Waals surface area contributed by atoms with Gasteiger partial charge in [0.05, 0.1) is 25.4 Å². The van der Waals surface area contributed by atoms with Gasteiger partial charge in [-0.25, -0.2) is 0 Å². The number of aliphatic hydroxyl groups is 4. The zero-order chi connectivity index (χ0) is 11.3. The lowest BCUT2D eigenvalue weighted by Gasteiger charge is -2.60. The van der Waals surface area contributed by atoms with Crippen molar-refractivity contribution >= 4 is 0 Å². The minimum atomic E-state index is -1.09. The molecule has 0 amide bonds. The van der Waals surface area contributed by atoms with Gasteiger partial charge in [-0.1, -0.05) is 6.92 Å². The van der Waals surface area contributed by atoms with Gasteiger partial charge in [0.1, 0.15) is 5.60 Å². The molecule has 0 unspecified atom stereocenters. The summed E-state index contributed by atoms with van der Waals surface area (Å²) in [5, 5.41) is 38.8. The van der Waals surface area contributed by atoms with E-state index in [-0.39, 0.29) is 19.8 Å². The quantitative estimate of drug-likeness (QED) is 0.452. The van der Waals surface area contributed by atoms with Crippen molar-refractivity contribution < 1.29 is 25.2 Å². The van der Waals surface area contributed by atoms with Gasteiger partial charge in [-0.05, 0) is 0 Å². The number of hydrogen-bond acceptors (Lipinski definition) is 5. The van der Waals surface area contributed by atoms with E-state index < -0.39 is 29.1 Å². The fourth-order valence-electron chi connectivity index (χ4n) is 2.83. The highest BCUT2D eigenvalue weighted by molar-refractivity contribution is 5.12. The van der Waals surface area contributed by atoms with E-state index in [1.807, 2.05) is 0 Å². The van der Waals surface area contributed by atoms with Gasteiger partial charge in [0.2, 0.25) is 0 Å². The van der Waals surface area contributed by atoms with Crippen molar-refractivity contribution in [2.24, 2.45) is 11.3 Å². The molecule has 5 nitrogen and oxygen atoms in total. The normalized spacial score (nSPS) is 54.6. The van der Waals surface area contributed by atoms with Crippen molar-refractivity contribution in [1.82, 2.24) is 0 Å². The van der Waals surface area contributed by atoms with Crippen LogP contribution in [0.15, 0.2) is 0 Å². The molecule has 2 fully saturated rings. The molecule has 0 aromatic carbocycles. The van der Waals surface area contributed by atoms with Crippen LogP contribution >= 0.6 is 0 Å². The topological polar surface area (TPSA) is 90.2 Å². The summed E-state index contributed by atoms with van der Waals surface area (Å²) < 4.78 is 5.18. The van der Waals surface area contributed by atoms with Gasteiger partial charge >= 0.3 is 0 Å². The smallest absolute Gasteiger partial charge is 0.120 e. The van der Waals surface area contributed by atoms with Gasteiger partial charge in [-0.15, -0.1) is 0 Å². The van der Waals surface area contributed by atoms with E-state index in [1.165, 1.54) is 0 Å². The van der Waals surface area contributed by atoms with E-state index in [0.717, 1.165) is 0 Å². The van der Waals surface area contributed by atoms with E-state index in [4.69, 9.17) is 4.74 Å². The first kappa shape index (κ1) is 11.3. The van der Waals surface area contributed by atoms with Crippen LogP contribution in [0, 0.1) is 11.3 Å². The van der Waals surface area contributed by atoms with Crippen molar-refractivity contribution in [1.29, 1.82) is 0 Å². The van der Waals surface area contributed by atoms with Crippen LogP contribution in [0.2, 0.25) is 0 Å². The Morgan fingerprint density at radius 2 is 2.07 bits per heavy atom. The molecular weight excluding hydrogens is 200 g/mol. The predicted octanol–water partition coefficient (Wildman–Crippen LogP) is -1.51. The summed E-state index contributed by atoms with van der Waals surface area (Å²) in [4.78, 5) is 0. The average molecular weight is 218 g/mol. The maximum atomic E-state index is 10.3. The summed E-state index contributed by atoms with van der Waals surface area (Å²) in [6.45, 7) is 1.34. The molecule has 1 saturated heterocycles. The molecule has 0 radical (unpaired) electrons. The van der Waals surface area contributed by atoms with E-state index in [0.29, 0.717) is 6.42 Å². The highest BCUT2D eigenvalue weighted by Crippen LogP contribution is 2.51. The Bertz CT molecular complexity index is 258. The molecule has 1 aliphatic heterocycles. The number of rotatable bonds is 2. The van der Waals surface area contributed by atoms with Crippen molar-refractivity contribution in [3.8, 4) is 0 Å². The second-order valence-corrected chi connectivity index (χ2v) is 4.94. The largest absolute Gasteiger partial charge is 0.396 e. The summed E-state index contributed by atoms with van der Waals surface area (Å²) >= 11 is 0. The molecule has 0 bridgehead atoms. The van der Waals surface area contributed by atoms with Gasteiger partial charge in [-0.3, -0.25) is 0 Å². The van der Waals surface area contributed by atoms with Gasteiger partial charge in [0, 0.05) is 24.4 Å². The molecule has 0 aromatic heterocycles. The second-order valence-electron chi connectivity index (χ2n) is 4.94. The third-order valence-corrected chi connectivity index (χ3v) is 4.19. The molecule has 88 valence electrons. The maximum Gasteiger partial charge on any atom is 0.120 e. The summed E-state index contributed by atoms with van der Waals surface area (Å²) in [5.41, 5.74) is -1.95. The van der Waals surface area contributed by atoms with E-state index >= 15 is 0 Å². The summed E-state index contributed by atoms with van der Waals surface area (Å²) in [7, 11) is 0. The van der Waals surface area contributed by atoms with Crippen LogP contribution < -0.4 is 0 Å². The SMILES string of the molecule is C[C@@]1(CO)[C@@H](O)C[C@H]2OC[C@]2(O)[C@H]1CO. The minimum Gasteiger partial charge on any atom is -0.396 e. The zero-order valence-electron chi connectivity index (χ0n) is 8.76. The number of ether oxygens (including phenoxy) is 1. The Labute approximate surface area is 88.3 Å². The third kappa shape index (κ3) is 1.28. The van der Waals surface area contributed by atoms with Crippen LogP contribution in [0.5, 0.6) is 0 Å². The van der Waals surface area contributed by atoms with E-state index in [9.17, 15) is 20.4 Å². The lowest BCUT2D eigenvalue weighted by Crippen LogP contribution is -2.73. The Hall–Kier alpha value is -0.200. The third-order valence-electron chi connectivity index (χ3n) is 4.19. The number of hydrogen-bond donors (Lipinski definition) is 4. The molecule has 2 rings (SSSR count). The first-order valence-corrected chi connectivity index (χ1v) is 5.23. The fraction of sp³-hybridized carbons (Fsp3) is 1.00. The molecular formula is C10H18O5.